The SMILES string of the molecule is CON1C(C)(C)CC(N(C)c2nc(N(C)C3CC(C)(C)NC(C)(C)C3)nc(N(CCCCCCN(c3nc(N(C)C4CC(C)(C)NC(C)(C)C4)nc(N(C)C4CC(C)(C)N(OC)C(C)(C)C4)n3)C3CC(C)(C)NC(C)(C)C3)C3CC(C)(C)NC(C)(C)C3)n2)CC1(C)C. The summed E-state index contributed by atoms with van der Waals surface area (Å²) in [5.41, 5.74) is -1.42. The van der Waals surface area contributed by atoms with E-state index >= 15 is 0 Å². The summed E-state index contributed by atoms with van der Waals surface area (Å²) in [5.74, 6) is 4.55. The zero-order chi connectivity index (χ0) is 68.8. The number of nitrogens with zero attached hydrogens (tertiary/aromatic N) is 14. The van der Waals surface area contributed by atoms with Crippen molar-refractivity contribution in [3.05, 3.63) is 0 Å². The predicted octanol–water partition coefficient (Wildman–Crippen LogP) is 12.1. The van der Waals surface area contributed by atoms with E-state index in [1.165, 1.54) is 0 Å². The highest BCUT2D eigenvalue weighted by atomic mass is 16.7. The van der Waals surface area contributed by atoms with Crippen molar-refractivity contribution in [3.63, 3.8) is 0 Å². The molecule has 0 aliphatic carbocycles. The molecule has 2 aromatic rings. The van der Waals surface area contributed by atoms with Crippen molar-refractivity contribution in [1.82, 2.24) is 61.3 Å². The normalized spacial score (nSPS) is 26.3. The summed E-state index contributed by atoms with van der Waals surface area (Å²) < 4.78 is 0. The Morgan fingerprint density at radius 1 is 0.293 bits per heavy atom. The smallest absolute Gasteiger partial charge is 0.232 e. The van der Waals surface area contributed by atoms with Gasteiger partial charge in [0.1, 0.15) is 0 Å². The van der Waals surface area contributed by atoms with Crippen molar-refractivity contribution in [3.8, 4) is 0 Å². The van der Waals surface area contributed by atoms with Crippen LogP contribution >= 0.6 is 0 Å². The fraction of sp³-hybridized carbons (Fsp3) is 0.917. The number of hydrogen-bond donors (Lipinski definition) is 4. The van der Waals surface area contributed by atoms with Gasteiger partial charge in [0.05, 0.1) is 14.2 Å². The molecule has 0 bridgehead atoms. The minimum Gasteiger partial charge on any atom is -0.341 e. The Kier molecular flexibility index (Phi) is 21.0. The molecule has 8 heterocycles. The average Bonchev–Trinajstić information content (AvgIpc) is 0.771. The first-order valence-corrected chi connectivity index (χ1v) is 35.7. The van der Waals surface area contributed by atoms with E-state index in [1.54, 1.807) is 0 Å². The highest BCUT2D eigenvalue weighted by Crippen LogP contribution is 2.45. The number of unbranched alkanes of at least 4 members (excludes halogenated alkanes) is 3. The molecule has 20 heteroatoms. The molecule has 6 fully saturated rings. The van der Waals surface area contributed by atoms with Crippen LogP contribution in [0.1, 0.15) is 269 Å². The second kappa shape index (κ2) is 26.1. The molecule has 0 spiro atoms. The van der Waals surface area contributed by atoms with E-state index in [-0.39, 0.29) is 103 Å². The highest BCUT2D eigenvalue weighted by molar-refractivity contribution is 5.50. The van der Waals surface area contributed by atoms with Crippen LogP contribution in [0.4, 0.5) is 35.7 Å². The van der Waals surface area contributed by atoms with Crippen molar-refractivity contribution in [2.24, 2.45) is 0 Å². The van der Waals surface area contributed by atoms with Crippen molar-refractivity contribution in [2.45, 2.75) is 372 Å². The van der Waals surface area contributed by atoms with Gasteiger partial charge in [-0.05, 0) is 256 Å². The molecule has 0 amide bonds. The monoisotopic (exact) mass is 1290 g/mol. The lowest BCUT2D eigenvalue weighted by atomic mass is 9.78. The van der Waals surface area contributed by atoms with E-state index in [4.69, 9.17) is 39.6 Å². The van der Waals surface area contributed by atoms with Gasteiger partial charge in [0.2, 0.25) is 35.7 Å². The third-order valence-corrected chi connectivity index (χ3v) is 21.8. The molecular formula is C72H136N18O2. The lowest BCUT2D eigenvalue weighted by Crippen LogP contribution is -2.63. The Bertz CT molecular complexity index is 2540. The topological polar surface area (TPSA) is 170 Å². The maximum atomic E-state index is 6.11. The summed E-state index contributed by atoms with van der Waals surface area (Å²) in [6.07, 6.45) is 15.5. The first kappa shape index (κ1) is 74.3. The molecule has 6 aliphatic rings. The number of rotatable bonds is 21. The van der Waals surface area contributed by atoms with E-state index in [0.29, 0.717) is 0 Å². The van der Waals surface area contributed by atoms with E-state index in [9.17, 15) is 0 Å². The van der Waals surface area contributed by atoms with Crippen LogP contribution in [0.25, 0.3) is 0 Å². The lowest BCUT2D eigenvalue weighted by molar-refractivity contribution is -0.266. The van der Waals surface area contributed by atoms with Gasteiger partial charge in [-0.3, -0.25) is 0 Å². The number of anilines is 6. The Labute approximate surface area is 560 Å². The number of hydroxylamine groups is 4. The standard InChI is InChI=1S/C72H136N18O2/c1-61(2)37-49(38-62(3,4)79-61)83(25)55-73-57(85(27)51-45-69(17,18)89(91-29)70(19,20)46-51)77-59(75-55)87(53-41-65(9,10)81-66(11,12)42-53)35-33-31-32-34-36-88(54-43-67(13,14)82-68(15,16)44-54)60-76-56(84(26)50-39-63(5,6)80-64(7,8)40-50)74-58(78-60)86(28)52-47-71(21,22)90(92-30)72(23,24)48-52/h49-54,79-82H,31-48H2,1-30H3. The molecule has 0 atom stereocenters. The Hall–Kier alpha value is -3.50. The summed E-state index contributed by atoms with van der Waals surface area (Å²) in [6, 6.07) is 1.23. The minimum atomic E-state index is -0.211. The first-order chi connectivity index (χ1) is 41.9. The molecule has 4 N–H and O–H groups in total. The van der Waals surface area contributed by atoms with Gasteiger partial charge in [-0.1, -0.05) is 12.8 Å². The Balaban J connectivity index is 1.14. The van der Waals surface area contributed by atoms with Crippen molar-refractivity contribution in [1.29, 1.82) is 0 Å². The van der Waals surface area contributed by atoms with Crippen LogP contribution in [0.3, 0.4) is 0 Å². The molecule has 6 saturated heterocycles. The number of aromatic nitrogens is 6. The second-order valence-corrected chi connectivity index (χ2v) is 37.9. The van der Waals surface area contributed by atoms with E-state index in [1.807, 2.05) is 14.2 Å². The number of hydrogen-bond acceptors (Lipinski definition) is 20. The first-order valence-electron chi connectivity index (χ1n) is 35.7. The van der Waals surface area contributed by atoms with Gasteiger partial charge >= 0.3 is 0 Å². The summed E-state index contributed by atoms with van der Waals surface area (Å²) in [4.78, 5) is 60.6. The Morgan fingerprint density at radius 2 is 0.478 bits per heavy atom. The maximum Gasteiger partial charge on any atom is 0.232 e. The molecule has 0 unspecified atom stereocenters. The molecule has 0 saturated carbocycles. The summed E-state index contributed by atoms with van der Waals surface area (Å²) >= 11 is 0. The van der Waals surface area contributed by atoms with Gasteiger partial charge in [0.15, 0.2) is 0 Å². The summed E-state index contributed by atoms with van der Waals surface area (Å²) in [7, 11) is 12.5. The molecule has 0 aromatic carbocycles. The van der Waals surface area contributed by atoms with E-state index < -0.39 is 0 Å². The molecular weight excluding hydrogens is 1150 g/mol. The van der Waals surface area contributed by atoms with Gasteiger partial charge in [-0.2, -0.15) is 40.0 Å². The Morgan fingerprint density at radius 3 is 0.685 bits per heavy atom. The quantitative estimate of drug-likeness (QED) is 0.0870. The van der Waals surface area contributed by atoms with Crippen LogP contribution in [0.2, 0.25) is 0 Å². The van der Waals surface area contributed by atoms with Crippen LogP contribution in [0.15, 0.2) is 0 Å². The van der Waals surface area contributed by atoms with Gasteiger partial charge in [0, 0.05) is 144 Å². The van der Waals surface area contributed by atoms with E-state index in [0.717, 1.165) is 152 Å². The molecule has 2 aromatic heterocycles. The van der Waals surface area contributed by atoms with Crippen LogP contribution < -0.4 is 50.7 Å². The van der Waals surface area contributed by atoms with Crippen molar-refractivity contribution >= 4 is 35.7 Å². The van der Waals surface area contributed by atoms with Crippen molar-refractivity contribution < 1.29 is 9.68 Å². The molecule has 0 radical (unpaired) electrons. The van der Waals surface area contributed by atoms with Gasteiger partial charge < -0.3 is 60.3 Å². The maximum absolute atomic E-state index is 6.11. The fourth-order valence-electron chi connectivity index (χ4n) is 20.1. The number of nitrogens with one attached hydrogen (secondary N) is 4. The van der Waals surface area contributed by atoms with Gasteiger partial charge in [0.25, 0.3) is 0 Å². The summed E-state index contributed by atoms with van der Waals surface area (Å²) in [6.45, 7) is 57.7. The molecule has 92 heavy (non-hydrogen) atoms. The zero-order valence-corrected chi connectivity index (χ0v) is 64.3. The van der Waals surface area contributed by atoms with Crippen LogP contribution in [-0.2, 0) is 9.68 Å². The predicted molar refractivity (Wildman–Crippen MR) is 384 cm³/mol. The second-order valence-electron chi connectivity index (χ2n) is 37.9. The molecule has 8 rings (SSSR count). The van der Waals surface area contributed by atoms with Crippen LogP contribution in [0, 0.1) is 0 Å². The molecule has 20 nitrogen and oxygen atoms in total. The zero-order valence-electron chi connectivity index (χ0n) is 64.3. The van der Waals surface area contributed by atoms with Gasteiger partial charge in [-0.15, -0.1) is 0 Å². The third kappa shape index (κ3) is 17.6. The molecule has 6 aliphatic heterocycles. The fourth-order valence-corrected chi connectivity index (χ4v) is 20.1. The van der Waals surface area contributed by atoms with Gasteiger partial charge in [-0.25, -0.2) is 0 Å². The minimum absolute atomic E-state index is 0.0525. The third-order valence-electron chi connectivity index (χ3n) is 21.8. The number of piperidine rings is 6. The van der Waals surface area contributed by atoms with E-state index in [2.05, 4.69) is 255 Å². The van der Waals surface area contributed by atoms with Crippen LogP contribution in [0.5, 0.6) is 0 Å². The molecule has 526 valence electrons. The lowest BCUT2D eigenvalue weighted by Gasteiger charge is -2.54. The van der Waals surface area contributed by atoms with Crippen molar-refractivity contribution in [2.75, 3.05) is 84.9 Å². The van der Waals surface area contributed by atoms with Crippen LogP contribution in [-0.4, -0.2) is 198 Å². The largest absolute Gasteiger partial charge is 0.341 e. The summed E-state index contributed by atoms with van der Waals surface area (Å²) in [5, 5.41) is 20.3. The average molecular weight is 1290 g/mol. The highest BCUT2D eigenvalue weighted by Gasteiger charge is 2.51.